The van der Waals surface area contributed by atoms with Gasteiger partial charge in [-0.3, -0.25) is 9.59 Å². The Kier molecular flexibility index (Phi) is 7.56. The Hall–Kier alpha value is -3.35. The normalized spacial score (nSPS) is 10.3. The third-order valence-corrected chi connectivity index (χ3v) is 3.85. The maximum Gasteiger partial charge on any atom is 0.337 e. The Morgan fingerprint density at radius 1 is 1.04 bits per heavy atom. The van der Waals surface area contributed by atoms with E-state index in [9.17, 15) is 14.4 Å². The van der Waals surface area contributed by atoms with Crippen LogP contribution in [0.15, 0.2) is 48.5 Å². The second kappa shape index (κ2) is 10.1. The van der Waals surface area contributed by atoms with Gasteiger partial charge >= 0.3 is 5.97 Å². The summed E-state index contributed by atoms with van der Waals surface area (Å²) in [6, 6.07) is 13.5. The van der Waals surface area contributed by atoms with Gasteiger partial charge in [-0.25, -0.2) is 4.79 Å². The van der Waals surface area contributed by atoms with E-state index in [1.807, 2.05) is 13.8 Å². The van der Waals surface area contributed by atoms with Crippen LogP contribution >= 0.6 is 0 Å². The van der Waals surface area contributed by atoms with Crippen LogP contribution in [-0.4, -0.2) is 38.0 Å². The van der Waals surface area contributed by atoms with Gasteiger partial charge in [-0.05, 0) is 36.2 Å². The Labute approximate surface area is 164 Å². The van der Waals surface area contributed by atoms with Gasteiger partial charge in [0.2, 0.25) is 5.91 Å². The van der Waals surface area contributed by atoms with Crippen molar-refractivity contribution in [3.05, 3.63) is 59.7 Å². The van der Waals surface area contributed by atoms with Gasteiger partial charge in [0, 0.05) is 12.2 Å². The molecule has 0 aliphatic heterocycles. The fourth-order valence-corrected chi connectivity index (χ4v) is 2.43. The lowest BCUT2D eigenvalue weighted by atomic mass is 10.1. The molecule has 0 bridgehead atoms. The Morgan fingerprint density at radius 2 is 1.79 bits per heavy atom. The van der Waals surface area contributed by atoms with Crippen molar-refractivity contribution in [1.82, 2.24) is 5.32 Å². The average Bonchev–Trinajstić information content (AvgIpc) is 2.70. The number of para-hydroxylation sites is 1. The number of carbonyl (C=O) groups is 3. The average molecular weight is 383 g/mol. The molecule has 0 aromatic heterocycles. The molecule has 0 aliphatic rings. The van der Waals surface area contributed by atoms with E-state index in [-0.39, 0.29) is 18.4 Å². The van der Waals surface area contributed by atoms with Crippen molar-refractivity contribution in [2.24, 2.45) is 5.92 Å². The molecule has 0 heterocycles. The van der Waals surface area contributed by atoms with Crippen LogP contribution in [0.4, 0.5) is 11.4 Å². The van der Waals surface area contributed by atoms with Gasteiger partial charge in [0.1, 0.15) is 0 Å². The summed E-state index contributed by atoms with van der Waals surface area (Å²) in [4.78, 5) is 36.2. The molecule has 0 spiro atoms. The molecule has 0 saturated carbocycles. The van der Waals surface area contributed by atoms with Crippen molar-refractivity contribution >= 4 is 29.2 Å². The largest absolute Gasteiger partial charge is 0.465 e. The van der Waals surface area contributed by atoms with Crippen LogP contribution in [0.25, 0.3) is 0 Å². The maximum atomic E-state index is 12.3. The van der Waals surface area contributed by atoms with E-state index in [0.29, 0.717) is 35.0 Å². The van der Waals surface area contributed by atoms with Crippen molar-refractivity contribution in [3.8, 4) is 0 Å². The molecule has 2 aromatic carbocycles. The zero-order chi connectivity index (χ0) is 20.5. The maximum absolute atomic E-state index is 12.3. The van der Waals surface area contributed by atoms with Crippen LogP contribution < -0.4 is 16.0 Å². The minimum Gasteiger partial charge on any atom is -0.465 e. The highest BCUT2D eigenvalue weighted by atomic mass is 16.5. The number of amides is 2. The zero-order valence-corrected chi connectivity index (χ0v) is 16.2. The molecule has 0 aliphatic carbocycles. The van der Waals surface area contributed by atoms with Crippen LogP contribution in [0.1, 0.15) is 34.6 Å². The second-order valence-electron chi connectivity index (χ2n) is 6.62. The number of benzene rings is 2. The van der Waals surface area contributed by atoms with Gasteiger partial charge in [0.05, 0.1) is 30.5 Å². The minimum absolute atomic E-state index is 0.0213. The van der Waals surface area contributed by atoms with Crippen molar-refractivity contribution < 1.29 is 19.1 Å². The molecular weight excluding hydrogens is 358 g/mol. The highest BCUT2D eigenvalue weighted by Crippen LogP contribution is 2.16. The Bertz CT molecular complexity index is 849. The summed E-state index contributed by atoms with van der Waals surface area (Å²) in [7, 11) is 1.31. The van der Waals surface area contributed by atoms with Crippen LogP contribution in [-0.2, 0) is 9.53 Å². The van der Waals surface area contributed by atoms with Gasteiger partial charge in [-0.15, -0.1) is 0 Å². The van der Waals surface area contributed by atoms with Gasteiger partial charge in [-0.2, -0.15) is 0 Å². The highest BCUT2D eigenvalue weighted by molar-refractivity contribution is 6.04. The number of hydrogen-bond acceptors (Lipinski definition) is 5. The molecule has 28 heavy (non-hydrogen) atoms. The number of nitrogens with one attached hydrogen (secondary N) is 3. The first kappa shape index (κ1) is 21.0. The van der Waals surface area contributed by atoms with Crippen LogP contribution in [0.5, 0.6) is 0 Å². The predicted molar refractivity (Wildman–Crippen MR) is 109 cm³/mol. The van der Waals surface area contributed by atoms with Crippen molar-refractivity contribution in [2.45, 2.75) is 13.8 Å². The second-order valence-corrected chi connectivity index (χ2v) is 6.62. The number of ether oxygens (including phenoxy) is 1. The van der Waals surface area contributed by atoms with E-state index in [1.165, 1.54) is 7.11 Å². The molecule has 0 fully saturated rings. The minimum atomic E-state index is -0.450. The van der Waals surface area contributed by atoms with Gasteiger partial charge in [0.25, 0.3) is 5.91 Å². The summed E-state index contributed by atoms with van der Waals surface area (Å²) in [6.07, 6.45) is 0. The lowest BCUT2D eigenvalue weighted by Gasteiger charge is -2.13. The molecule has 7 nitrogen and oxygen atoms in total. The Balaban J connectivity index is 1.98. The molecule has 2 aromatic rings. The molecule has 0 radical (unpaired) electrons. The van der Waals surface area contributed by atoms with Gasteiger partial charge in [0.15, 0.2) is 0 Å². The van der Waals surface area contributed by atoms with Gasteiger partial charge < -0.3 is 20.7 Å². The third kappa shape index (κ3) is 6.12. The molecule has 2 amide bonds. The predicted octanol–water partition coefficient (Wildman–Crippen LogP) is 2.91. The lowest BCUT2D eigenvalue weighted by Crippen LogP contribution is -2.29. The summed E-state index contributed by atoms with van der Waals surface area (Å²) in [5, 5.41) is 8.54. The molecule has 7 heteroatoms. The number of methoxy groups -OCH3 is 1. The van der Waals surface area contributed by atoms with E-state index >= 15 is 0 Å². The number of carbonyl (C=O) groups excluding carboxylic acids is 3. The first-order valence-electron chi connectivity index (χ1n) is 9.00. The smallest absolute Gasteiger partial charge is 0.337 e. The summed E-state index contributed by atoms with van der Waals surface area (Å²) in [6.45, 7) is 4.55. The van der Waals surface area contributed by atoms with E-state index in [2.05, 4.69) is 20.7 Å². The van der Waals surface area contributed by atoms with E-state index in [4.69, 9.17) is 0 Å². The molecular formula is C21H25N3O4. The summed E-state index contributed by atoms with van der Waals surface area (Å²) in [5.74, 6) is -0.666. The lowest BCUT2D eigenvalue weighted by molar-refractivity contribution is -0.114. The van der Waals surface area contributed by atoms with E-state index in [1.54, 1.807) is 48.5 Å². The topological polar surface area (TPSA) is 96.5 Å². The summed E-state index contributed by atoms with van der Waals surface area (Å²) in [5.41, 5.74) is 1.85. The molecule has 0 atom stereocenters. The van der Waals surface area contributed by atoms with E-state index in [0.717, 1.165) is 0 Å². The van der Waals surface area contributed by atoms with Crippen molar-refractivity contribution in [2.75, 3.05) is 30.8 Å². The molecule has 0 unspecified atom stereocenters. The van der Waals surface area contributed by atoms with Crippen molar-refractivity contribution in [3.63, 3.8) is 0 Å². The Morgan fingerprint density at radius 3 is 2.50 bits per heavy atom. The number of hydrogen-bond donors (Lipinski definition) is 3. The summed E-state index contributed by atoms with van der Waals surface area (Å²) >= 11 is 0. The molecule has 2 rings (SSSR count). The molecule has 148 valence electrons. The number of esters is 1. The highest BCUT2D eigenvalue weighted by Gasteiger charge is 2.13. The van der Waals surface area contributed by atoms with Crippen molar-refractivity contribution in [1.29, 1.82) is 0 Å². The quantitative estimate of drug-likeness (QED) is 0.609. The number of rotatable bonds is 8. The number of anilines is 2. The van der Waals surface area contributed by atoms with Crippen LogP contribution in [0.2, 0.25) is 0 Å². The zero-order valence-electron chi connectivity index (χ0n) is 16.2. The molecule has 3 N–H and O–H groups in total. The standard InChI is InChI=1S/C21H25N3O4/c1-14(2)12-23-20(26)17-9-4-5-10-18(17)24-19(25)13-22-16-8-6-7-15(11-16)21(27)28-3/h4-11,14,22H,12-13H2,1-3H3,(H,23,26)(H,24,25). The third-order valence-electron chi connectivity index (χ3n) is 3.85. The first-order valence-corrected chi connectivity index (χ1v) is 9.00. The van der Waals surface area contributed by atoms with E-state index < -0.39 is 5.97 Å². The molecule has 0 saturated heterocycles. The van der Waals surface area contributed by atoms with Gasteiger partial charge in [-0.1, -0.05) is 32.0 Å². The fraction of sp³-hybridized carbons (Fsp3) is 0.286. The fourth-order valence-electron chi connectivity index (χ4n) is 2.43. The SMILES string of the molecule is COC(=O)c1cccc(NCC(=O)Nc2ccccc2C(=O)NCC(C)C)c1. The van der Waals surface area contributed by atoms with Crippen LogP contribution in [0, 0.1) is 5.92 Å². The first-order chi connectivity index (χ1) is 13.4. The summed E-state index contributed by atoms with van der Waals surface area (Å²) < 4.78 is 4.68. The monoisotopic (exact) mass is 383 g/mol. The van der Waals surface area contributed by atoms with Crippen LogP contribution in [0.3, 0.4) is 0 Å².